The molecule has 0 aromatic heterocycles. The van der Waals surface area contributed by atoms with Crippen molar-refractivity contribution in [2.75, 3.05) is 0 Å². The van der Waals surface area contributed by atoms with Crippen molar-refractivity contribution in [1.29, 1.82) is 5.26 Å². The Morgan fingerprint density at radius 1 is 1.67 bits per heavy atom. The van der Waals surface area contributed by atoms with Crippen LogP contribution in [0.1, 0.15) is 18.9 Å². The van der Waals surface area contributed by atoms with Crippen molar-refractivity contribution in [2.24, 2.45) is 0 Å². The van der Waals surface area contributed by atoms with Gasteiger partial charge in [0.2, 0.25) is 0 Å². The fourth-order valence-corrected chi connectivity index (χ4v) is 1.52. The molecule has 4 nitrogen and oxygen atoms in total. The molecule has 94 valence electrons. The number of carboxylic acid groups (broad SMARTS) is 1. The third kappa shape index (κ3) is 3.79. The number of benzene rings is 1. The molecule has 0 saturated heterocycles. The zero-order valence-corrected chi connectivity index (χ0v) is 10.5. The molecule has 18 heavy (non-hydrogen) atoms. The van der Waals surface area contributed by atoms with E-state index in [1.807, 2.05) is 13.0 Å². The molecule has 1 rings (SSSR count). The first-order chi connectivity index (χ1) is 8.58. The molecule has 0 heterocycles. The minimum atomic E-state index is -1.08. The summed E-state index contributed by atoms with van der Waals surface area (Å²) in [7, 11) is 0. The molecular formula is C13H12ClNO3. The molecule has 0 aliphatic rings. The van der Waals surface area contributed by atoms with Crippen LogP contribution < -0.4 is 4.74 Å². The lowest BCUT2D eigenvalue weighted by molar-refractivity contribution is -0.131. The highest BCUT2D eigenvalue weighted by atomic mass is 35.5. The summed E-state index contributed by atoms with van der Waals surface area (Å²) in [6, 6.07) is 6.96. The van der Waals surface area contributed by atoms with Gasteiger partial charge in [-0.2, -0.15) is 5.26 Å². The maximum atomic E-state index is 10.5. The van der Waals surface area contributed by atoms with Crippen LogP contribution in [0.5, 0.6) is 5.75 Å². The van der Waals surface area contributed by atoms with Gasteiger partial charge in [-0.3, -0.25) is 0 Å². The molecule has 0 saturated carbocycles. The summed E-state index contributed by atoms with van der Waals surface area (Å²) >= 11 is 5.98. The lowest BCUT2D eigenvalue weighted by Crippen LogP contribution is -2.12. The highest BCUT2D eigenvalue weighted by Gasteiger charge is 2.11. The summed E-state index contributed by atoms with van der Waals surface area (Å²) in [6.45, 7) is 1.82. The average Bonchev–Trinajstić information content (AvgIpc) is 2.34. The van der Waals surface area contributed by atoms with E-state index < -0.39 is 12.1 Å². The van der Waals surface area contributed by atoms with Gasteiger partial charge in [0.1, 0.15) is 11.8 Å². The molecule has 1 aromatic carbocycles. The molecule has 0 aliphatic heterocycles. The van der Waals surface area contributed by atoms with Gasteiger partial charge in [-0.25, -0.2) is 4.79 Å². The van der Waals surface area contributed by atoms with E-state index in [9.17, 15) is 4.79 Å². The van der Waals surface area contributed by atoms with Gasteiger partial charge >= 0.3 is 5.97 Å². The number of carboxylic acids is 1. The van der Waals surface area contributed by atoms with Crippen LogP contribution in [0, 0.1) is 11.3 Å². The number of carbonyl (C=O) groups is 1. The van der Waals surface area contributed by atoms with Crippen LogP contribution in [0.3, 0.4) is 0 Å². The van der Waals surface area contributed by atoms with Crippen molar-refractivity contribution in [3.63, 3.8) is 0 Å². The zero-order chi connectivity index (χ0) is 13.5. The number of aliphatic carboxylic acids is 1. The number of hydrogen-bond donors (Lipinski definition) is 1. The molecule has 1 N–H and O–H groups in total. The first-order valence-electron chi connectivity index (χ1n) is 5.34. The Labute approximate surface area is 110 Å². The van der Waals surface area contributed by atoms with E-state index in [1.165, 1.54) is 6.08 Å². The normalized spacial score (nSPS) is 12.1. The maximum Gasteiger partial charge on any atom is 0.328 e. The van der Waals surface area contributed by atoms with E-state index in [-0.39, 0.29) is 0 Å². The van der Waals surface area contributed by atoms with E-state index in [0.717, 1.165) is 6.08 Å². The van der Waals surface area contributed by atoms with Gasteiger partial charge in [-0.05, 0) is 24.6 Å². The second-order valence-electron chi connectivity index (χ2n) is 3.47. The monoisotopic (exact) mass is 265 g/mol. The van der Waals surface area contributed by atoms with Gasteiger partial charge < -0.3 is 9.84 Å². The van der Waals surface area contributed by atoms with Crippen LogP contribution in [0.4, 0.5) is 0 Å². The van der Waals surface area contributed by atoms with Gasteiger partial charge in [0.15, 0.2) is 6.10 Å². The number of hydrogen-bond acceptors (Lipinski definition) is 3. The summed E-state index contributed by atoms with van der Waals surface area (Å²) in [4.78, 5) is 10.5. The Balaban J connectivity index is 3.08. The van der Waals surface area contributed by atoms with E-state index >= 15 is 0 Å². The Kier molecular flexibility index (Phi) is 5.22. The van der Waals surface area contributed by atoms with Crippen LogP contribution in [0.15, 0.2) is 24.3 Å². The second kappa shape index (κ2) is 6.67. The average molecular weight is 266 g/mol. The van der Waals surface area contributed by atoms with E-state index in [0.29, 0.717) is 22.8 Å². The zero-order valence-electron chi connectivity index (χ0n) is 9.76. The van der Waals surface area contributed by atoms with Crippen LogP contribution in [0.25, 0.3) is 6.08 Å². The van der Waals surface area contributed by atoms with Crippen molar-refractivity contribution in [2.45, 2.75) is 19.4 Å². The van der Waals surface area contributed by atoms with Crippen molar-refractivity contribution in [3.8, 4) is 11.8 Å². The first kappa shape index (κ1) is 14.1. The maximum absolute atomic E-state index is 10.5. The molecule has 0 amide bonds. The van der Waals surface area contributed by atoms with Crippen molar-refractivity contribution in [3.05, 3.63) is 34.9 Å². The molecular weight excluding hydrogens is 254 g/mol. The fourth-order valence-electron chi connectivity index (χ4n) is 1.29. The molecule has 5 heteroatoms. The topological polar surface area (TPSA) is 70.3 Å². The van der Waals surface area contributed by atoms with E-state index in [1.54, 1.807) is 18.2 Å². The van der Waals surface area contributed by atoms with Crippen LogP contribution in [-0.2, 0) is 4.79 Å². The predicted octanol–water partition coefficient (Wildman–Crippen LogP) is 3.12. The van der Waals surface area contributed by atoms with E-state index in [4.69, 9.17) is 26.7 Å². The Morgan fingerprint density at radius 2 is 2.39 bits per heavy atom. The number of rotatable bonds is 5. The number of nitrogens with zero attached hydrogens (tertiary/aromatic N) is 1. The highest BCUT2D eigenvalue weighted by molar-refractivity contribution is 6.32. The fraction of sp³-hybridized carbons (Fsp3) is 0.231. The van der Waals surface area contributed by atoms with Crippen molar-refractivity contribution >= 4 is 23.6 Å². The lowest BCUT2D eigenvalue weighted by atomic mass is 10.1. The Hall–Kier alpha value is -1.99. The molecule has 1 unspecified atom stereocenters. The number of nitriles is 1. The SMILES string of the molecule is CCC(C#N)Oc1cccc(Cl)c1/C=C/C(=O)O. The van der Waals surface area contributed by atoms with Gasteiger partial charge in [0.25, 0.3) is 0 Å². The predicted molar refractivity (Wildman–Crippen MR) is 68.4 cm³/mol. The second-order valence-corrected chi connectivity index (χ2v) is 3.87. The van der Waals surface area contributed by atoms with Crippen LogP contribution in [-0.4, -0.2) is 17.2 Å². The third-order valence-electron chi connectivity index (χ3n) is 2.19. The Morgan fingerprint density at radius 3 is 2.94 bits per heavy atom. The van der Waals surface area contributed by atoms with Crippen molar-refractivity contribution < 1.29 is 14.6 Å². The van der Waals surface area contributed by atoms with Gasteiger partial charge in [-0.15, -0.1) is 0 Å². The lowest BCUT2D eigenvalue weighted by Gasteiger charge is -2.13. The number of ether oxygens (including phenoxy) is 1. The first-order valence-corrected chi connectivity index (χ1v) is 5.72. The molecule has 1 aromatic rings. The van der Waals surface area contributed by atoms with Crippen LogP contribution in [0.2, 0.25) is 5.02 Å². The third-order valence-corrected chi connectivity index (χ3v) is 2.52. The molecule has 0 fully saturated rings. The molecule has 0 radical (unpaired) electrons. The summed E-state index contributed by atoms with van der Waals surface area (Å²) < 4.78 is 5.47. The number of halogens is 1. The summed E-state index contributed by atoms with van der Waals surface area (Å²) in [6.07, 6.45) is 2.27. The highest BCUT2D eigenvalue weighted by Crippen LogP contribution is 2.28. The minimum absolute atomic E-state index is 0.373. The van der Waals surface area contributed by atoms with Crippen molar-refractivity contribution in [1.82, 2.24) is 0 Å². The minimum Gasteiger partial charge on any atom is -0.478 e. The molecule has 0 spiro atoms. The molecule has 0 aliphatic carbocycles. The standard InChI is InChI=1S/C13H12ClNO3/c1-2-9(8-15)18-12-5-3-4-11(14)10(12)6-7-13(16)17/h3-7,9H,2H2,1H3,(H,16,17)/b7-6+. The van der Waals surface area contributed by atoms with Gasteiger partial charge in [0, 0.05) is 11.6 Å². The largest absolute Gasteiger partial charge is 0.478 e. The quantitative estimate of drug-likeness (QED) is 0.831. The summed E-state index contributed by atoms with van der Waals surface area (Å²) in [5, 5.41) is 17.8. The summed E-state index contributed by atoms with van der Waals surface area (Å²) in [5.74, 6) is -0.679. The molecule has 1 atom stereocenters. The van der Waals surface area contributed by atoms with E-state index in [2.05, 4.69) is 0 Å². The molecule has 0 bridgehead atoms. The Bertz CT molecular complexity index is 505. The summed E-state index contributed by atoms with van der Waals surface area (Å²) in [5.41, 5.74) is 0.454. The van der Waals surface area contributed by atoms with Crippen LogP contribution >= 0.6 is 11.6 Å². The smallest absolute Gasteiger partial charge is 0.328 e. The van der Waals surface area contributed by atoms with Gasteiger partial charge in [0.05, 0.1) is 5.02 Å². The van der Waals surface area contributed by atoms with Gasteiger partial charge in [-0.1, -0.05) is 24.6 Å².